The standard InChI is InChI=1S/C17H32N4/c1-8-9-18-10-15-16(21(7)14(6)12(2)3)11-19-17(20-15)13(4)5/h11-14,18H,8-10H2,1-7H3. The van der Waals surface area contributed by atoms with Crippen LogP contribution in [0.1, 0.15) is 65.4 Å². The molecule has 0 saturated carbocycles. The van der Waals surface area contributed by atoms with Crippen LogP contribution in [0.3, 0.4) is 0 Å². The molecule has 0 aliphatic heterocycles. The third-order valence-corrected chi connectivity index (χ3v) is 4.06. The molecule has 1 unspecified atom stereocenters. The minimum absolute atomic E-state index is 0.358. The third-order valence-electron chi connectivity index (χ3n) is 4.06. The van der Waals surface area contributed by atoms with Crippen molar-refractivity contribution in [3.63, 3.8) is 0 Å². The maximum absolute atomic E-state index is 4.79. The van der Waals surface area contributed by atoms with Crippen LogP contribution in [0, 0.1) is 5.92 Å². The molecule has 1 rings (SSSR count). The number of rotatable bonds is 8. The lowest BCUT2D eigenvalue weighted by atomic mass is 10.0. The molecule has 0 amide bonds. The van der Waals surface area contributed by atoms with Gasteiger partial charge in [0.1, 0.15) is 5.82 Å². The van der Waals surface area contributed by atoms with Gasteiger partial charge >= 0.3 is 0 Å². The van der Waals surface area contributed by atoms with Crippen LogP contribution in [0.2, 0.25) is 0 Å². The predicted octanol–water partition coefficient (Wildman–Crippen LogP) is 3.58. The van der Waals surface area contributed by atoms with Gasteiger partial charge in [0.2, 0.25) is 0 Å². The SMILES string of the molecule is CCCNCc1nc(C(C)C)ncc1N(C)C(C)C(C)C. The van der Waals surface area contributed by atoms with Gasteiger partial charge in [-0.15, -0.1) is 0 Å². The molecule has 0 aromatic carbocycles. The van der Waals surface area contributed by atoms with E-state index in [0.29, 0.717) is 17.9 Å². The van der Waals surface area contributed by atoms with Gasteiger partial charge in [-0.2, -0.15) is 0 Å². The molecule has 4 heteroatoms. The van der Waals surface area contributed by atoms with Gasteiger partial charge in [0.15, 0.2) is 0 Å². The summed E-state index contributed by atoms with van der Waals surface area (Å²) in [4.78, 5) is 11.6. The minimum atomic E-state index is 0.358. The van der Waals surface area contributed by atoms with E-state index >= 15 is 0 Å². The van der Waals surface area contributed by atoms with Crippen molar-refractivity contribution in [1.82, 2.24) is 15.3 Å². The van der Waals surface area contributed by atoms with Gasteiger partial charge in [-0.1, -0.05) is 34.6 Å². The lowest BCUT2D eigenvalue weighted by Crippen LogP contribution is -2.34. The first-order valence-electron chi connectivity index (χ1n) is 8.17. The Kier molecular flexibility index (Phi) is 7.09. The zero-order valence-electron chi connectivity index (χ0n) is 14.8. The summed E-state index contributed by atoms with van der Waals surface area (Å²) in [6, 6.07) is 0.462. The average molecular weight is 292 g/mol. The van der Waals surface area contributed by atoms with Crippen LogP contribution in [0.5, 0.6) is 0 Å². The monoisotopic (exact) mass is 292 g/mol. The van der Waals surface area contributed by atoms with E-state index < -0.39 is 0 Å². The molecular weight excluding hydrogens is 260 g/mol. The fourth-order valence-electron chi connectivity index (χ4n) is 2.18. The quantitative estimate of drug-likeness (QED) is 0.744. The van der Waals surface area contributed by atoms with Crippen molar-refractivity contribution in [3.8, 4) is 0 Å². The van der Waals surface area contributed by atoms with E-state index in [1.165, 1.54) is 0 Å². The molecule has 1 N–H and O–H groups in total. The smallest absolute Gasteiger partial charge is 0.131 e. The van der Waals surface area contributed by atoms with Crippen molar-refractivity contribution in [2.75, 3.05) is 18.5 Å². The van der Waals surface area contributed by atoms with Crippen LogP contribution >= 0.6 is 0 Å². The second kappa shape index (κ2) is 8.32. The first kappa shape index (κ1) is 17.9. The average Bonchev–Trinajstić information content (AvgIpc) is 2.45. The molecule has 0 saturated heterocycles. The Balaban J connectivity index is 3.05. The second-order valence-electron chi connectivity index (χ2n) is 6.49. The van der Waals surface area contributed by atoms with Gasteiger partial charge in [-0.25, -0.2) is 9.97 Å². The minimum Gasteiger partial charge on any atom is -0.369 e. The van der Waals surface area contributed by atoms with E-state index in [4.69, 9.17) is 4.98 Å². The van der Waals surface area contributed by atoms with Gasteiger partial charge < -0.3 is 10.2 Å². The fourth-order valence-corrected chi connectivity index (χ4v) is 2.18. The molecule has 0 aliphatic rings. The van der Waals surface area contributed by atoms with Crippen LogP contribution in [0.15, 0.2) is 6.20 Å². The van der Waals surface area contributed by atoms with Crippen LogP contribution < -0.4 is 10.2 Å². The van der Waals surface area contributed by atoms with Gasteiger partial charge in [0.05, 0.1) is 17.6 Å². The molecule has 120 valence electrons. The lowest BCUT2D eigenvalue weighted by Gasteiger charge is -2.31. The highest BCUT2D eigenvalue weighted by atomic mass is 15.2. The Bertz CT molecular complexity index is 429. The molecule has 0 radical (unpaired) electrons. The lowest BCUT2D eigenvalue weighted by molar-refractivity contribution is 0.502. The zero-order valence-corrected chi connectivity index (χ0v) is 14.8. The van der Waals surface area contributed by atoms with Gasteiger partial charge in [0.25, 0.3) is 0 Å². The number of nitrogens with zero attached hydrogens (tertiary/aromatic N) is 3. The highest BCUT2D eigenvalue weighted by Crippen LogP contribution is 2.23. The summed E-state index contributed by atoms with van der Waals surface area (Å²) < 4.78 is 0. The molecule has 1 aromatic rings. The number of nitrogens with one attached hydrogen (secondary N) is 1. The van der Waals surface area contributed by atoms with E-state index in [9.17, 15) is 0 Å². The summed E-state index contributed by atoms with van der Waals surface area (Å²) >= 11 is 0. The first-order chi connectivity index (χ1) is 9.88. The molecule has 1 aromatic heterocycles. The number of aromatic nitrogens is 2. The van der Waals surface area contributed by atoms with Crippen molar-refractivity contribution in [1.29, 1.82) is 0 Å². The molecule has 0 spiro atoms. The Hall–Kier alpha value is -1.16. The molecule has 1 atom stereocenters. The maximum atomic E-state index is 4.79. The Labute approximate surface area is 130 Å². The summed E-state index contributed by atoms with van der Waals surface area (Å²) in [7, 11) is 2.14. The Morgan fingerprint density at radius 2 is 1.86 bits per heavy atom. The van der Waals surface area contributed by atoms with E-state index in [0.717, 1.165) is 36.7 Å². The zero-order chi connectivity index (χ0) is 16.0. The van der Waals surface area contributed by atoms with Crippen LogP contribution in [0.25, 0.3) is 0 Å². The van der Waals surface area contributed by atoms with Crippen LogP contribution in [-0.4, -0.2) is 29.6 Å². The van der Waals surface area contributed by atoms with Crippen molar-refractivity contribution >= 4 is 5.69 Å². The van der Waals surface area contributed by atoms with Crippen molar-refractivity contribution in [2.24, 2.45) is 5.92 Å². The topological polar surface area (TPSA) is 41.1 Å². The number of hydrogen-bond acceptors (Lipinski definition) is 4. The van der Waals surface area contributed by atoms with Crippen LogP contribution in [0.4, 0.5) is 5.69 Å². The third kappa shape index (κ3) is 4.95. The molecule has 0 aliphatic carbocycles. The van der Waals surface area contributed by atoms with E-state index in [1.54, 1.807) is 0 Å². The highest BCUT2D eigenvalue weighted by Gasteiger charge is 2.18. The van der Waals surface area contributed by atoms with Gasteiger partial charge in [-0.3, -0.25) is 0 Å². The normalized spacial score (nSPS) is 13.0. The maximum Gasteiger partial charge on any atom is 0.131 e. The highest BCUT2D eigenvalue weighted by molar-refractivity contribution is 5.49. The second-order valence-corrected chi connectivity index (χ2v) is 6.49. The van der Waals surface area contributed by atoms with Gasteiger partial charge in [-0.05, 0) is 25.8 Å². The molecule has 1 heterocycles. The molecule has 21 heavy (non-hydrogen) atoms. The number of anilines is 1. The summed E-state index contributed by atoms with van der Waals surface area (Å²) in [5, 5.41) is 3.46. The van der Waals surface area contributed by atoms with E-state index in [2.05, 4.69) is 63.8 Å². The summed E-state index contributed by atoms with van der Waals surface area (Å²) in [6.07, 6.45) is 3.12. The molecule has 4 nitrogen and oxygen atoms in total. The summed E-state index contributed by atoms with van der Waals surface area (Å²) in [5.74, 6) is 1.88. The number of hydrogen-bond donors (Lipinski definition) is 1. The molecule has 0 bridgehead atoms. The van der Waals surface area contributed by atoms with E-state index in [-0.39, 0.29) is 0 Å². The van der Waals surface area contributed by atoms with Crippen molar-refractivity contribution in [3.05, 3.63) is 17.7 Å². The molecule has 0 fully saturated rings. The van der Waals surface area contributed by atoms with E-state index in [1.807, 2.05) is 6.20 Å². The Morgan fingerprint density at radius 1 is 1.19 bits per heavy atom. The summed E-state index contributed by atoms with van der Waals surface area (Å²) in [6.45, 7) is 15.0. The summed E-state index contributed by atoms with van der Waals surface area (Å²) in [5.41, 5.74) is 2.25. The van der Waals surface area contributed by atoms with Crippen LogP contribution in [-0.2, 0) is 6.54 Å². The molecular formula is C17H32N4. The largest absolute Gasteiger partial charge is 0.369 e. The first-order valence-corrected chi connectivity index (χ1v) is 8.17. The van der Waals surface area contributed by atoms with Crippen molar-refractivity contribution in [2.45, 2.75) is 66.5 Å². The fraction of sp³-hybridized carbons (Fsp3) is 0.765. The van der Waals surface area contributed by atoms with Crippen molar-refractivity contribution < 1.29 is 0 Å². The predicted molar refractivity (Wildman–Crippen MR) is 90.8 cm³/mol. The van der Waals surface area contributed by atoms with Gasteiger partial charge in [0, 0.05) is 25.6 Å². The Morgan fingerprint density at radius 3 is 2.38 bits per heavy atom.